The van der Waals surface area contributed by atoms with Crippen molar-refractivity contribution < 1.29 is 0 Å². The molecule has 0 aromatic carbocycles. The first-order chi connectivity index (χ1) is 5.91. The van der Waals surface area contributed by atoms with Crippen LogP contribution in [-0.4, -0.2) is 19.0 Å². The molecule has 0 rings (SSSR count). The number of nitrogens with one attached hydrogen (secondary N) is 1. The Morgan fingerprint density at radius 3 is 2.25 bits per heavy atom. The van der Waals surface area contributed by atoms with Crippen LogP contribution in [0.15, 0.2) is 0 Å². The van der Waals surface area contributed by atoms with Gasteiger partial charge in [-0.2, -0.15) is 0 Å². The summed E-state index contributed by atoms with van der Waals surface area (Å²) in [6, 6.07) is 0. The average Bonchev–Trinajstić information content (AvgIpc) is 2.10. The highest BCUT2D eigenvalue weighted by Crippen LogP contribution is 2.00. The van der Waals surface area contributed by atoms with E-state index in [-0.39, 0.29) is 0 Å². The van der Waals surface area contributed by atoms with Gasteiger partial charge in [0.1, 0.15) is 0 Å². The maximum atomic E-state index is 5.54. The highest BCUT2D eigenvalue weighted by molar-refractivity contribution is 6.17. The summed E-state index contributed by atoms with van der Waals surface area (Å²) >= 11 is 5.54. The van der Waals surface area contributed by atoms with Crippen molar-refractivity contribution in [1.29, 1.82) is 0 Å². The van der Waals surface area contributed by atoms with Crippen LogP contribution in [-0.2, 0) is 0 Å². The van der Waals surface area contributed by atoms with E-state index < -0.39 is 0 Å². The van der Waals surface area contributed by atoms with Crippen LogP contribution >= 0.6 is 11.6 Å². The molecule has 0 saturated carbocycles. The lowest BCUT2D eigenvalue weighted by Gasteiger charge is -2.02. The lowest BCUT2D eigenvalue weighted by molar-refractivity contribution is 0.582. The van der Waals surface area contributed by atoms with Crippen molar-refractivity contribution in [3.63, 3.8) is 0 Å². The molecular weight excluding hydrogens is 170 g/mol. The van der Waals surface area contributed by atoms with E-state index in [0.29, 0.717) is 0 Å². The van der Waals surface area contributed by atoms with E-state index in [2.05, 4.69) is 12.2 Å². The van der Waals surface area contributed by atoms with Gasteiger partial charge in [-0.05, 0) is 25.9 Å². The fourth-order valence-corrected chi connectivity index (χ4v) is 1.30. The first-order valence-electron chi connectivity index (χ1n) is 5.18. The molecule has 0 spiro atoms. The number of hydrogen-bond acceptors (Lipinski definition) is 1. The molecule has 0 heterocycles. The Balaban J connectivity index is 2.73. The molecule has 0 atom stereocenters. The summed E-state index contributed by atoms with van der Waals surface area (Å²) < 4.78 is 0. The van der Waals surface area contributed by atoms with E-state index in [1.807, 2.05) is 0 Å². The minimum atomic E-state index is 0.781. The zero-order valence-corrected chi connectivity index (χ0v) is 9.00. The van der Waals surface area contributed by atoms with Gasteiger partial charge in [-0.1, -0.05) is 32.6 Å². The van der Waals surface area contributed by atoms with Crippen molar-refractivity contribution in [3.8, 4) is 0 Å². The Labute approximate surface area is 81.9 Å². The van der Waals surface area contributed by atoms with Crippen LogP contribution in [0, 0.1) is 0 Å². The Morgan fingerprint density at radius 2 is 1.58 bits per heavy atom. The molecule has 0 saturated heterocycles. The van der Waals surface area contributed by atoms with Gasteiger partial charge in [-0.15, -0.1) is 11.6 Å². The van der Waals surface area contributed by atoms with Crippen molar-refractivity contribution in [2.24, 2.45) is 0 Å². The molecule has 0 aliphatic heterocycles. The summed E-state index contributed by atoms with van der Waals surface area (Å²) in [7, 11) is 0. The SMILES string of the molecule is CCCCCCCNCCCCl. The van der Waals surface area contributed by atoms with Crippen LogP contribution in [0.4, 0.5) is 0 Å². The number of alkyl halides is 1. The van der Waals surface area contributed by atoms with Crippen LogP contribution in [0.2, 0.25) is 0 Å². The zero-order valence-electron chi connectivity index (χ0n) is 8.24. The summed E-state index contributed by atoms with van der Waals surface area (Å²) in [4.78, 5) is 0. The van der Waals surface area contributed by atoms with E-state index >= 15 is 0 Å². The predicted octanol–water partition coefficient (Wildman–Crippen LogP) is 3.18. The zero-order chi connectivity index (χ0) is 9.07. The van der Waals surface area contributed by atoms with Crippen molar-refractivity contribution >= 4 is 11.6 Å². The highest BCUT2D eigenvalue weighted by Gasteiger charge is 1.88. The molecule has 2 heteroatoms. The van der Waals surface area contributed by atoms with Crippen molar-refractivity contribution in [3.05, 3.63) is 0 Å². The second kappa shape index (κ2) is 11.2. The highest BCUT2D eigenvalue weighted by atomic mass is 35.5. The van der Waals surface area contributed by atoms with Gasteiger partial charge in [0.05, 0.1) is 0 Å². The summed E-state index contributed by atoms with van der Waals surface area (Å²) in [5.41, 5.74) is 0. The van der Waals surface area contributed by atoms with E-state index in [0.717, 1.165) is 18.8 Å². The quantitative estimate of drug-likeness (QED) is 0.436. The largest absolute Gasteiger partial charge is 0.317 e. The molecular formula is C10H22ClN. The maximum absolute atomic E-state index is 5.54. The molecule has 12 heavy (non-hydrogen) atoms. The molecule has 0 amide bonds. The molecule has 1 nitrogen and oxygen atoms in total. The van der Waals surface area contributed by atoms with Gasteiger partial charge in [0.15, 0.2) is 0 Å². The van der Waals surface area contributed by atoms with Crippen molar-refractivity contribution in [1.82, 2.24) is 5.32 Å². The van der Waals surface area contributed by atoms with Gasteiger partial charge >= 0.3 is 0 Å². The number of rotatable bonds is 9. The Bertz CT molecular complexity index is 66.2. The molecule has 1 N–H and O–H groups in total. The smallest absolute Gasteiger partial charge is 0.0235 e. The molecule has 0 bridgehead atoms. The fourth-order valence-electron chi connectivity index (χ4n) is 1.17. The maximum Gasteiger partial charge on any atom is 0.0235 e. The Morgan fingerprint density at radius 1 is 0.917 bits per heavy atom. The van der Waals surface area contributed by atoms with Gasteiger partial charge in [0.25, 0.3) is 0 Å². The van der Waals surface area contributed by atoms with Crippen LogP contribution in [0.1, 0.15) is 45.4 Å². The van der Waals surface area contributed by atoms with Gasteiger partial charge in [-0.3, -0.25) is 0 Å². The molecule has 0 radical (unpaired) electrons. The van der Waals surface area contributed by atoms with Gasteiger partial charge in [0, 0.05) is 5.88 Å². The number of halogens is 1. The van der Waals surface area contributed by atoms with Gasteiger partial charge < -0.3 is 5.32 Å². The fraction of sp³-hybridized carbons (Fsp3) is 1.00. The van der Waals surface area contributed by atoms with Crippen LogP contribution in [0.3, 0.4) is 0 Å². The van der Waals surface area contributed by atoms with E-state index in [1.54, 1.807) is 0 Å². The molecule has 0 aliphatic carbocycles. The molecule has 0 aromatic rings. The summed E-state index contributed by atoms with van der Waals surface area (Å²) in [5, 5.41) is 3.38. The van der Waals surface area contributed by atoms with Crippen LogP contribution in [0.25, 0.3) is 0 Å². The molecule has 74 valence electrons. The van der Waals surface area contributed by atoms with E-state index in [9.17, 15) is 0 Å². The lowest BCUT2D eigenvalue weighted by atomic mass is 10.1. The lowest BCUT2D eigenvalue weighted by Crippen LogP contribution is -2.16. The number of hydrogen-bond donors (Lipinski definition) is 1. The standard InChI is InChI=1S/C10H22ClN/c1-2-3-4-5-6-9-12-10-7-8-11/h12H,2-10H2,1H3. The molecule has 0 aliphatic rings. The summed E-state index contributed by atoms with van der Waals surface area (Å²) in [6.45, 7) is 4.50. The molecule has 0 unspecified atom stereocenters. The average molecular weight is 192 g/mol. The third-order valence-corrected chi connectivity index (χ3v) is 2.21. The molecule has 0 fully saturated rings. The Kier molecular flexibility index (Phi) is 11.5. The minimum Gasteiger partial charge on any atom is -0.317 e. The van der Waals surface area contributed by atoms with Crippen molar-refractivity contribution in [2.75, 3.05) is 19.0 Å². The predicted molar refractivity (Wildman–Crippen MR) is 57.0 cm³/mol. The normalized spacial score (nSPS) is 10.5. The van der Waals surface area contributed by atoms with Crippen LogP contribution < -0.4 is 5.32 Å². The van der Waals surface area contributed by atoms with Gasteiger partial charge in [0.2, 0.25) is 0 Å². The van der Waals surface area contributed by atoms with Crippen LogP contribution in [0.5, 0.6) is 0 Å². The second-order valence-corrected chi connectivity index (χ2v) is 3.58. The topological polar surface area (TPSA) is 12.0 Å². The second-order valence-electron chi connectivity index (χ2n) is 3.21. The summed E-state index contributed by atoms with van der Waals surface area (Å²) in [6.07, 6.45) is 7.91. The minimum absolute atomic E-state index is 0.781. The van der Waals surface area contributed by atoms with E-state index in [1.165, 1.54) is 38.6 Å². The first-order valence-corrected chi connectivity index (χ1v) is 5.72. The number of unbranched alkanes of at least 4 members (excludes halogenated alkanes) is 4. The monoisotopic (exact) mass is 191 g/mol. The van der Waals surface area contributed by atoms with Gasteiger partial charge in [-0.25, -0.2) is 0 Å². The first kappa shape index (κ1) is 12.2. The molecule has 0 aromatic heterocycles. The summed E-state index contributed by atoms with van der Waals surface area (Å²) in [5.74, 6) is 0.781. The third-order valence-electron chi connectivity index (χ3n) is 1.94. The Hall–Kier alpha value is 0.250. The third kappa shape index (κ3) is 10.2. The van der Waals surface area contributed by atoms with E-state index in [4.69, 9.17) is 11.6 Å². The van der Waals surface area contributed by atoms with Crippen molar-refractivity contribution in [2.45, 2.75) is 45.4 Å².